The van der Waals surface area contributed by atoms with E-state index >= 15 is 0 Å². The predicted molar refractivity (Wildman–Crippen MR) is 112 cm³/mol. The molecule has 0 fully saturated rings. The lowest BCUT2D eigenvalue weighted by molar-refractivity contribution is 0.0934. The Bertz CT molecular complexity index is 884. The van der Waals surface area contributed by atoms with Crippen molar-refractivity contribution >= 4 is 29.1 Å². The minimum absolute atomic E-state index is 0.0423. The highest BCUT2D eigenvalue weighted by Crippen LogP contribution is 2.27. The van der Waals surface area contributed by atoms with E-state index < -0.39 is 11.8 Å². The summed E-state index contributed by atoms with van der Waals surface area (Å²) in [5.41, 5.74) is 5.63. The van der Waals surface area contributed by atoms with Gasteiger partial charge in [-0.2, -0.15) is 0 Å². The number of nitrogens with one attached hydrogen (secondary N) is 3. The number of hydrogen-bond donors (Lipinski definition) is 3. The van der Waals surface area contributed by atoms with E-state index in [2.05, 4.69) is 16.2 Å². The molecule has 8 nitrogen and oxygen atoms in total. The van der Waals surface area contributed by atoms with Crippen LogP contribution in [0.15, 0.2) is 42.5 Å². The largest absolute Gasteiger partial charge is 0.493 e. The van der Waals surface area contributed by atoms with Crippen LogP contribution < -0.4 is 30.4 Å². The molecule has 0 bridgehead atoms. The number of amides is 2. The number of methoxy groups -OCH3 is 2. The van der Waals surface area contributed by atoms with Gasteiger partial charge in [0, 0.05) is 11.1 Å². The summed E-state index contributed by atoms with van der Waals surface area (Å²) in [6, 6.07) is 11.4. The van der Waals surface area contributed by atoms with Gasteiger partial charge < -0.3 is 14.2 Å². The lowest BCUT2D eigenvalue weighted by Gasteiger charge is -2.13. The van der Waals surface area contributed by atoms with Crippen LogP contribution in [0.4, 0.5) is 0 Å². The molecule has 2 aromatic carbocycles. The predicted octanol–water partition coefficient (Wildman–Crippen LogP) is 2.44. The fourth-order valence-corrected chi connectivity index (χ4v) is 2.47. The third-order valence-electron chi connectivity index (χ3n) is 3.65. The lowest BCUT2D eigenvalue weighted by atomic mass is 10.2. The Hall–Kier alpha value is -3.33. The molecule has 0 atom stereocenters. The third-order valence-corrected chi connectivity index (χ3v) is 3.85. The number of carbonyl (C=O) groups excluding carboxylic acids is 2. The number of rotatable bonds is 6. The number of benzene rings is 2. The second kappa shape index (κ2) is 10.3. The molecular weight excluding hydrogens is 394 g/mol. The molecule has 0 heterocycles. The van der Waals surface area contributed by atoms with Gasteiger partial charge in [-0.05, 0) is 68.5 Å². The van der Waals surface area contributed by atoms with E-state index in [0.717, 1.165) is 0 Å². The van der Waals surface area contributed by atoms with Crippen molar-refractivity contribution < 1.29 is 23.8 Å². The van der Waals surface area contributed by atoms with Crippen molar-refractivity contribution in [3.8, 4) is 17.2 Å². The molecule has 9 heteroatoms. The lowest BCUT2D eigenvalue weighted by Crippen LogP contribution is -2.48. The quantitative estimate of drug-likeness (QED) is 0.491. The molecule has 0 spiro atoms. The molecule has 2 amide bonds. The van der Waals surface area contributed by atoms with E-state index in [9.17, 15) is 9.59 Å². The maximum Gasteiger partial charge on any atom is 0.269 e. The fraction of sp³-hybridized carbons (Fsp3) is 0.250. The van der Waals surface area contributed by atoms with Crippen molar-refractivity contribution in [3.05, 3.63) is 53.6 Å². The normalized spacial score (nSPS) is 10.1. The third kappa shape index (κ3) is 6.35. The molecule has 0 radical (unpaired) electrons. The highest BCUT2D eigenvalue weighted by Gasteiger charge is 2.12. The number of hydrogen-bond acceptors (Lipinski definition) is 6. The first-order chi connectivity index (χ1) is 13.8. The highest BCUT2D eigenvalue weighted by atomic mass is 32.1. The van der Waals surface area contributed by atoms with Gasteiger partial charge in [0.15, 0.2) is 16.6 Å². The van der Waals surface area contributed by atoms with Gasteiger partial charge in [0.25, 0.3) is 11.8 Å². The maximum atomic E-state index is 12.2. The van der Waals surface area contributed by atoms with Crippen LogP contribution in [-0.2, 0) is 0 Å². The van der Waals surface area contributed by atoms with E-state index in [1.165, 1.54) is 20.3 Å². The van der Waals surface area contributed by atoms with Gasteiger partial charge in [0.2, 0.25) is 0 Å². The minimum atomic E-state index is -0.460. The number of hydrazine groups is 1. The Labute approximate surface area is 174 Å². The van der Waals surface area contributed by atoms with Gasteiger partial charge in [-0.15, -0.1) is 0 Å². The molecule has 154 valence electrons. The zero-order chi connectivity index (χ0) is 21.4. The van der Waals surface area contributed by atoms with Crippen molar-refractivity contribution in [2.24, 2.45) is 0 Å². The van der Waals surface area contributed by atoms with Crippen LogP contribution in [0.25, 0.3) is 0 Å². The van der Waals surface area contributed by atoms with Gasteiger partial charge >= 0.3 is 0 Å². The maximum absolute atomic E-state index is 12.2. The first kappa shape index (κ1) is 22.0. The first-order valence-corrected chi connectivity index (χ1v) is 9.15. The van der Waals surface area contributed by atoms with E-state index in [1.54, 1.807) is 36.4 Å². The van der Waals surface area contributed by atoms with Gasteiger partial charge in [-0.25, -0.2) is 0 Å². The van der Waals surface area contributed by atoms with Crippen LogP contribution >= 0.6 is 12.2 Å². The Morgan fingerprint density at radius 1 is 0.862 bits per heavy atom. The number of carbonyl (C=O) groups is 2. The minimum Gasteiger partial charge on any atom is -0.493 e. The average Bonchev–Trinajstić information content (AvgIpc) is 2.71. The zero-order valence-corrected chi connectivity index (χ0v) is 17.4. The second-order valence-corrected chi connectivity index (χ2v) is 6.53. The van der Waals surface area contributed by atoms with Crippen molar-refractivity contribution in [1.82, 2.24) is 16.2 Å². The van der Waals surface area contributed by atoms with Crippen LogP contribution in [0.1, 0.15) is 34.6 Å². The van der Waals surface area contributed by atoms with Crippen LogP contribution in [0.3, 0.4) is 0 Å². The van der Waals surface area contributed by atoms with Crippen LogP contribution in [0.2, 0.25) is 0 Å². The smallest absolute Gasteiger partial charge is 0.269 e. The van der Waals surface area contributed by atoms with Crippen molar-refractivity contribution in [1.29, 1.82) is 0 Å². The molecule has 0 saturated carbocycles. The van der Waals surface area contributed by atoms with Gasteiger partial charge in [-0.1, -0.05) is 0 Å². The SMILES string of the molecule is COc1ccc(C(=O)NNC(=S)NC(=O)c2ccc(OC(C)C)cc2)cc1OC. The molecule has 0 aliphatic rings. The highest BCUT2D eigenvalue weighted by molar-refractivity contribution is 7.80. The topological polar surface area (TPSA) is 97.9 Å². The Morgan fingerprint density at radius 3 is 2.07 bits per heavy atom. The monoisotopic (exact) mass is 417 g/mol. The average molecular weight is 417 g/mol. The summed E-state index contributed by atoms with van der Waals surface area (Å²) in [6.07, 6.45) is 0.0423. The first-order valence-electron chi connectivity index (χ1n) is 8.74. The molecule has 0 aliphatic carbocycles. The van der Waals surface area contributed by atoms with Crippen LogP contribution in [0, 0.1) is 0 Å². The standard InChI is InChI=1S/C20H23N3O5S/c1-12(2)28-15-8-5-13(6-9-15)18(24)21-20(29)23-22-19(25)14-7-10-16(26-3)17(11-14)27-4/h5-12H,1-4H3,(H,22,25)(H2,21,23,24,29). The fourth-order valence-electron chi connectivity index (χ4n) is 2.33. The number of thiocarbonyl (C=S) groups is 1. The summed E-state index contributed by atoms with van der Waals surface area (Å²) < 4.78 is 15.8. The van der Waals surface area contributed by atoms with E-state index in [-0.39, 0.29) is 11.2 Å². The number of ether oxygens (including phenoxy) is 3. The molecular formula is C20H23N3O5S. The Morgan fingerprint density at radius 2 is 1.48 bits per heavy atom. The van der Waals surface area contributed by atoms with E-state index in [4.69, 9.17) is 26.4 Å². The molecule has 2 aromatic rings. The molecule has 0 aromatic heterocycles. The molecule has 0 saturated heterocycles. The summed E-state index contributed by atoms with van der Waals surface area (Å²) in [6.45, 7) is 3.84. The molecule has 0 unspecified atom stereocenters. The van der Waals surface area contributed by atoms with Crippen LogP contribution in [-0.4, -0.2) is 37.3 Å². The summed E-state index contributed by atoms with van der Waals surface area (Å²) in [5, 5.41) is 2.44. The molecule has 2 rings (SSSR count). The van der Waals surface area contributed by atoms with Gasteiger partial charge in [0.1, 0.15) is 5.75 Å². The molecule has 29 heavy (non-hydrogen) atoms. The molecule has 0 aliphatic heterocycles. The van der Waals surface area contributed by atoms with E-state index in [0.29, 0.717) is 28.4 Å². The van der Waals surface area contributed by atoms with Crippen molar-refractivity contribution in [2.45, 2.75) is 20.0 Å². The summed E-state index contributed by atoms with van der Waals surface area (Å²) in [4.78, 5) is 24.5. The Kier molecular flexibility index (Phi) is 7.79. The van der Waals surface area contributed by atoms with Crippen molar-refractivity contribution in [2.75, 3.05) is 14.2 Å². The summed E-state index contributed by atoms with van der Waals surface area (Å²) >= 11 is 5.04. The van der Waals surface area contributed by atoms with E-state index in [1.807, 2.05) is 13.8 Å². The van der Waals surface area contributed by atoms with Crippen LogP contribution in [0.5, 0.6) is 17.2 Å². The summed E-state index contributed by atoms with van der Waals surface area (Å²) in [7, 11) is 2.98. The Balaban J connectivity index is 1.89. The van der Waals surface area contributed by atoms with Gasteiger partial charge in [0.05, 0.1) is 20.3 Å². The second-order valence-electron chi connectivity index (χ2n) is 6.12. The van der Waals surface area contributed by atoms with Gasteiger partial charge in [-0.3, -0.25) is 25.8 Å². The van der Waals surface area contributed by atoms with Crippen molar-refractivity contribution in [3.63, 3.8) is 0 Å². The zero-order valence-electron chi connectivity index (χ0n) is 16.6. The molecule has 3 N–H and O–H groups in total. The summed E-state index contributed by atoms with van der Waals surface area (Å²) in [5.74, 6) is 0.710.